The van der Waals surface area contributed by atoms with Gasteiger partial charge in [-0.15, -0.1) is 0 Å². The lowest BCUT2D eigenvalue weighted by Crippen LogP contribution is -2.25. The van der Waals surface area contributed by atoms with Crippen molar-refractivity contribution in [1.29, 1.82) is 0 Å². The van der Waals surface area contributed by atoms with Gasteiger partial charge in [-0.05, 0) is 49.2 Å². The lowest BCUT2D eigenvalue weighted by atomic mass is 10.2. The van der Waals surface area contributed by atoms with Crippen molar-refractivity contribution >= 4 is 5.91 Å². The van der Waals surface area contributed by atoms with Gasteiger partial charge in [0.2, 0.25) is 0 Å². The van der Waals surface area contributed by atoms with Gasteiger partial charge < -0.3 is 14.8 Å². The highest BCUT2D eigenvalue weighted by atomic mass is 16.5. The Labute approximate surface area is 142 Å². The molecule has 1 unspecified atom stereocenters. The maximum absolute atomic E-state index is 12.1. The van der Waals surface area contributed by atoms with Crippen LogP contribution in [0.4, 0.5) is 0 Å². The monoisotopic (exact) mass is 326 g/mol. The van der Waals surface area contributed by atoms with E-state index < -0.39 is 0 Å². The predicted molar refractivity (Wildman–Crippen MR) is 91.2 cm³/mol. The van der Waals surface area contributed by atoms with E-state index in [1.807, 2.05) is 30.3 Å². The highest BCUT2D eigenvalue weighted by Gasteiger charge is 2.16. The van der Waals surface area contributed by atoms with E-state index in [1.54, 1.807) is 18.3 Å². The largest absolute Gasteiger partial charge is 0.491 e. The molecule has 1 aromatic carbocycles. The van der Waals surface area contributed by atoms with E-state index in [-0.39, 0.29) is 12.0 Å². The first kappa shape index (κ1) is 16.5. The number of rotatable bonds is 7. The molecule has 2 heterocycles. The minimum Gasteiger partial charge on any atom is -0.491 e. The zero-order valence-corrected chi connectivity index (χ0v) is 13.6. The van der Waals surface area contributed by atoms with Gasteiger partial charge in [-0.1, -0.05) is 6.07 Å². The van der Waals surface area contributed by atoms with E-state index in [0.717, 1.165) is 37.3 Å². The summed E-state index contributed by atoms with van der Waals surface area (Å²) in [5.74, 6) is 0.673. The van der Waals surface area contributed by atoms with Crippen LogP contribution in [0.5, 0.6) is 5.75 Å². The number of hydrogen-bond acceptors (Lipinski definition) is 4. The molecular formula is C19H22N2O3. The fourth-order valence-electron chi connectivity index (χ4n) is 2.62. The first-order valence-electron chi connectivity index (χ1n) is 8.34. The van der Waals surface area contributed by atoms with Gasteiger partial charge >= 0.3 is 0 Å². The number of nitrogens with zero attached hydrogens (tertiary/aromatic N) is 1. The quantitative estimate of drug-likeness (QED) is 0.850. The maximum Gasteiger partial charge on any atom is 0.251 e. The molecule has 1 fully saturated rings. The summed E-state index contributed by atoms with van der Waals surface area (Å²) in [4.78, 5) is 16.4. The van der Waals surface area contributed by atoms with Gasteiger partial charge in [-0.2, -0.15) is 0 Å². The molecule has 5 nitrogen and oxygen atoms in total. The normalized spacial score (nSPS) is 16.8. The van der Waals surface area contributed by atoms with Crippen molar-refractivity contribution in [2.75, 3.05) is 19.8 Å². The fourth-order valence-corrected chi connectivity index (χ4v) is 2.62. The van der Waals surface area contributed by atoms with Gasteiger partial charge in [0.25, 0.3) is 5.91 Å². The van der Waals surface area contributed by atoms with Crippen LogP contribution in [0.1, 0.15) is 28.9 Å². The van der Waals surface area contributed by atoms with Gasteiger partial charge in [0, 0.05) is 37.0 Å². The third kappa shape index (κ3) is 4.80. The molecule has 24 heavy (non-hydrogen) atoms. The molecule has 0 spiro atoms. The Morgan fingerprint density at radius 2 is 2.12 bits per heavy atom. The molecule has 3 rings (SSSR count). The van der Waals surface area contributed by atoms with Gasteiger partial charge in [0.05, 0.1) is 6.10 Å². The number of amides is 1. The van der Waals surface area contributed by atoms with E-state index >= 15 is 0 Å². The molecule has 0 aliphatic carbocycles. The third-order valence-electron chi connectivity index (χ3n) is 3.97. The molecule has 1 N–H and O–H groups in total. The minimum atomic E-state index is -0.0865. The smallest absolute Gasteiger partial charge is 0.251 e. The first-order valence-corrected chi connectivity index (χ1v) is 8.34. The van der Waals surface area contributed by atoms with Crippen LogP contribution in [0.15, 0.2) is 48.7 Å². The van der Waals surface area contributed by atoms with Crippen molar-refractivity contribution < 1.29 is 14.3 Å². The SMILES string of the molecule is O=C(NCCc1ccccn1)c1ccc(OCC2CCCO2)cc1. The van der Waals surface area contributed by atoms with E-state index in [9.17, 15) is 4.79 Å². The summed E-state index contributed by atoms with van der Waals surface area (Å²) in [6.45, 7) is 1.95. The van der Waals surface area contributed by atoms with Crippen molar-refractivity contribution in [3.8, 4) is 5.75 Å². The van der Waals surface area contributed by atoms with Crippen molar-refractivity contribution in [3.05, 3.63) is 59.9 Å². The molecular weight excluding hydrogens is 304 g/mol. The third-order valence-corrected chi connectivity index (χ3v) is 3.97. The number of benzene rings is 1. The summed E-state index contributed by atoms with van der Waals surface area (Å²) < 4.78 is 11.2. The van der Waals surface area contributed by atoms with Gasteiger partial charge in [-0.25, -0.2) is 0 Å². The molecule has 1 atom stereocenters. The van der Waals surface area contributed by atoms with Gasteiger partial charge in [0.15, 0.2) is 0 Å². The topological polar surface area (TPSA) is 60.5 Å². The van der Waals surface area contributed by atoms with Crippen molar-refractivity contribution in [2.45, 2.75) is 25.4 Å². The zero-order chi connectivity index (χ0) is 16.6. The molecule has 1 aromatic heterocycles. The average molecular weight is 326 g/mol. The number of nitrogens with one attached hydrogen (secondary N) is 1. The van der Waals surface area contributed by atoms with Crippen LogP contribution in [0.2, 0.25) is 0 Å². The van der Waals surface area contributed by atoms with E-state index in [4.69, 9.17) is 9.47 Å². The Morgan fingerprint density at radius 3 is 2.83 bits per heavy atom. The summed E-state index contributed by atoms with van der Waals surface area (Å²) in [5.41, 5.74) is 1.59. The van der Waals surface area contributed by atoms with E-state index in [0.29, 0.717) is 18.7 Å². The van der Waals surface area contributed by atoms with Crippen LogP contribution in [-0.4, -0.2) is 36.8 Å². The second kappa shape index (κ2) is 8.45. The first-order chi connectivity index (χ1) is 11.8. The highest BCUT2D eigenvalue weighted by molar-refractivity contribution is 5.94. The number of carbonyl (C=O) groups is 1. The number of ether oxygens (including phenoxy) is 2. The Hall–Kier alpha value is -2.40. The molecule has 1 aliphatic rings. The Morgan fingerprint density at radius 1 is 1.25 bits per heavy atom. The van der Waals surface area contributed by atoms with Crippen molar-refractivity contribution in [3.63, 3.8) is 0 Å². The summed E-state index contributed by atoms with van der Waals surface area (Å²) >= 11 is 0. The minimum absolute atomic E-state index is 0.0865. The molecule has 5 heteroatoms. The Kier molecular flexibility index (Phi) is 5.80. The lowest BCUT2D eigenvalue weighted by Gasteiger charge is -2.11. The van der Waals surface area contributed by atoms with Crippen molar-refractivity contribution in [2.24, 2.45) is 0 Å². The average Bonchev–Trinajstić information content (AvgIpc) is 3.15. The van der Waals surface area contributed by atoms with Crippen LogP contribution >= 0.6 is 0 Å². The molecule has 1 saturated heterocycles. The number of carbonyl (C=O) groups excluding carboxylic acids is 1. The summed E-state index contributed by atoms with van der Waals surface area (Å²) in [6, 6.07) is 13.0. The van der Waals surface area contributed by atoms with Gasteiger partial charge in [0.1, 0.15) is 12.4 Å². The molecule has 0 bridgehead atoms. The van der Waals surface area contributed by atoms with Crippen LogP contribution < -0.4 is 10.1 Å². The number of aromatic nitrogens is 1. The molecule has 126 valence electrons. The maximum atomic E-state index is 12.1. The summed E-state index contributed by atoms with van der Waals surface area (Å²) in [6.07, 6.45) is 4.82. The van der Waals surface area contributed by atoms with Crippen LogP contribution in [0, 0.1) is 0 Å². The van der Waals surface area contributed by atoms with E-state index in [1.165, 1.54) is 0 Å². The van der Waals surface area contributed by atoms with Crippen LogP contribution in [0.3, 0.4) is 0 Å². The van der Waals surface area contributed by atoms with Crippen molar-refractivity contribution in [1.82, 2.24) is 10.3 Å². The molecule has 0 saturated carbocycles. The lowest BCUT2D eigenvalue weighted by molar-refractivity contribution is 0.0679. The van der Waals surface area contributed by atoms with Crippen LogP contribution in [0.25, 0.3) is 0 Å². The fraction of sp³-hybridized carbons (Fsp3) is 0.368. The molecule has 1 amide bonds. The highest BCUT2D eigenvalue weighted by Crippen LogP contribution is 2.16. The van der Waals surface area contributed by atoms with Crippen LogP contribution in [-0.2, 0) is 11.2 Å². The number of pyridine rings is 1. The molecule has 2 aromatic rings. The van der Waals surface area contributed by atoms with Gasteiger partial charge in [-0.3, -0.25) is 9.78 Å². The number of hydrogen-bond donors (Lipinski definition) is 1. The molecule has 1 aliphatic heterocycles. The molecule has 0 radical (unpaired) electrons. The second-order valence-corrected chi connectivity index (χ2v) is 5.80. The standard InChI is InChI=1S/C19H22N2O3/c22-19(21-12-10-16-4-1-2-11-20-16)15-6-8-17(9-7-15)24-14-18-5-3-13-23-18/h1-2,4,6-9,11,18H,3,5,10,12-14H2,(H,21,22). The summed E-state index contributed by atoms with van der Waals surface area (Å²) in [7, 11) is 0. The van der Waals surface area contributed by atoms with E-state index in [2.05, 4.69) is 10.3 Å². The second-order valence-electron chi connectivity index (χ2n) is 5.80. The summed E-state index contributed by atoms with van der Waals surface area (Å²) in [5, 5.41) is 2.90. The Bertz CT molecular complexity index is 637. The predicted octanol–water partition coefficient (Wildman–Crippen LogP) is 2.61. The zero-order valence-electron chi connectivity index (χ0n) is 13.6. The Balaban J connectivity index is 1.43.